The number of furan rings is 1. The number of nitrogens with one attached hydrogen (secondary N) is 1. The lowest BCUT2D eigenvalue weighted by atomic mass is 9.96. The molecule has 2 heterocycles. The summed E-state index contributed by atoms with van der Waals surface area (Å²) in [7, 11) is 0. The highest BCUT2D eigenvalue weighted by molar-refractivity contribution is 5.96. The van der Waals surface area contributed by atoms with E-state index in [1.165, 1.54) is 24.7 Å². The number of hydrogen-bond acceptors (Lipinski definition) is 3. The predicted molar refractivity (Wildman–Crippen MR) is 87.1 cm³/mol. The lowest BCUT2D eigenvalue weighted by Crippen LogP contribution is -2.43. The summed E-state index contributed by atoms with van der Waals surface area (Å²) in [6.45, 7) is 2.74. The molecule has 126 valence electrons. The molecule has 1 aliphatic rings. The summed E-state index contributed by atoms with van der Waals surface area (Å²) >= 11 is 0. The van der Waals surface area contributed by atoms with Gasteiger partial charge in [-0.05, 0) is 49.6 Å². The van der Waals surface area contributed by atoms with Crippen molar-refractivity contribution in [2.45, 2.75) is 19.8 Å². The molecule has 0 spiro atoms. The maximum Gasteiger partial charge on any atom is 0.257 e. The Hall–Kier alpha value is -2.63. The van der Waals surface area contributed by atoms with Crippen LogP contribution in [-0.4, -0.2) is 29.8 Å². The van der Waals surface area contributed by atoms with Crippen molar-refractivity contribution in [1.82, 2.24) is 4.90 Å². The molecule has 1 unspecified atom stereocenters. The number of anilines is 1. The highest BCUT2D eigenvalue weighted by atomic mass is 19.1. The molecule has 6 heteroatoms. The number of benzene rings is 1. The van der Waals surface area contributed by atoms with Crippen LogP contribution < -0.4 is 5.32 Å². The fraction of sp³-hybridized carbons (Fsp3) is 0.333. The normalized spacial score (nSPS) is 17.6. The monoisotopic (exact) mass is 330 g/mol. The Morgan fingerprint density at radius 1 is 1.33 bits per heavy atom. The van der Waals surface area contributed by atoms with E-state index >= 15 is 0 Å². The summed E-state index contributed by atoms with van der Waals surface area (Å²) in [5, 5.41) is 2.84. The fourth-order valence-electron chi connectivity index (χ4n) is 2.95. The van der Waals surface area contributed by atoms with E-state index in [0.717, 1.165) is 12.8 Å². The second-order valence-corrected chi connectivity index (χ2v) is 6.05. The maximum atomic E-state index is 13.1. The van der Waals surface area contributed by atoms with Gasteiger partial charge in [-0.25, -0.2) is 4.39 Å². The third-order valence-electron chi connectivity index (χ3n) is 4.29. The Balaban J connectivity index is 1.65. The molecule has 1 N–H and O–H groups in total. The number of amides is 2. The standard InChI is InChI=1S/C18H19FN2O3/c1-12-9-15(19)4-5-16(12)20-17(22)13-3-2-7-21(10-13)18(23)14-6-8-24-11-14/h4-6,8-9,11,13H,2-3,7,10H2,1H3,(H,20,22). The van der Waals surface area contributed by atoms with Crippen molar-refractivity contribution < 1.29 is 18.4 Å². The molecule has 2 aromatic rings. The van der Waals surface area contributed by atoms with Crippen LogP contribution in [0.15, 0.2) is 41.2 Å². The molecule has 1 aromatic heterocycles. The predicted octanol–water partition coefficient (Wildman–Crippen LogP) is 3.22. The van der Waals surface area contributed by atoms with Crippen LogP contribution in [-0.2, 0) is 4.79 Å². The number of piperidine rings is 1. The number of aryl methyl sites for hydroxylation is 1. The Morgan fingerprint density at radius 3 is 2.88 bits per heavy atom. The van der Waals surface area contributed by atoms with E-state index in [9.17, 15) is 14.0 Å². The minimum atomic E-state index is -0.333. The SMILES string of the molecule is Cc1cc(F)ccc1NC(=O)C1CCCN(C(=O)c2ccoc2)C1. The summed E-state index contributed by atoms with van der Waals surface area (Å²) in [5.41, 5.74) is 1.76. The van der Waals surface area contributed by atoms with Gasteiger partial charge in [0, 0.05) is 18.8 Å². The number of rotatable bonds is 3. The van der Waals surface area contributed by atoms with E-state index in [4.69, 9.17) is 4.42 Å². The van der Waals surface area contributed by atoms with Crippen LogP contribution in [0.5, 0.6) is 0 Å². The maximum absolute atomic E-state index is 13.1. The molecule has 2 amide bonds. The van der Waals surface area contributed by atoms with E-state index in [1.807, 2.05) is 0 Å². The van der Waals surface area contributed by atoms with Crippen LogP contribution in [0.2, 0.25) is 0 Å². The quantitative estimate of drug-likeness (QED) is 0.940. The van der Waals surface area contributed by atoms with Crippen molar-refractivity contribution in [2.75, 3.05) is 18.4 Å². The van der Waals surface area contributed by atoms with Gasteiger partial charge in [0.25, 0.3) is 5.91 Å². The third kappa shape index (κ3) is 3.48. The van der Waals surface area contributed by atoms with E-state index < -0.39 is 0 Å². The van der Waals surface area contributed by atoms with Crippen molar-refractivity contribution >= 4 is 17.5 Å². The summed E-state index contributed by atoms with van der Waals surface area (Å²) in [6.07, 6.45) is 4.36. The third-order valence-corrected chi connectivity index (χ3v) is 4.29. The summed E-state index contributed by atoms with van der Waals surface area (Å²) in [5.74, 6) is -0.882. The first-order chi connectivity index (χ1) is 11.5. The van der Waals surface area contributed by atoms with Crippen LogP contribution in [0.3, 0.4) is 0 Å². The molecule has 24 heavy (non-hydrogen) atoms. The molecule has 1 fully saturated rings. The van der Waals surface area contributed by atoms with E-state index in [-0.39, 0.29) is 23.5 Å². The molecule has 5 nitrogen and oxygen atoms in total. The van der Waals surface area contributed by atoms with Crippen molar-refractivity contribution in [3.05, 3.63) is 53.7 Å². The molecular weight excluding hydrogens is 311 g/mol. The second kappa shape index (κ2) is 6.86. The van der Waals surface area contributed by atoms with Crippen LogP contribution in [0.25, 0.3) is 0 Å². The smallest absolute Gasteiger partial charge is 0.257 e. The first-order valence-electron chi connectivity index (χ1n) is 7.93. The van der Waals surface area contributed by atoms with Gasteiger partial charge in [-0.2, -0.15) is 0 Å². The Morgan fingerprint density at radius 2 is 2.17 bits per heavy atom. The first-order valence-corrected chi connectivity index (χ1v) is 7.93. The number of carbonyl (C=O) groups excluding carboxylic acids is 2. The minimum absolute atomic E-state index is 0.126. The molecule has 1 aliphatic heterocycles. The second-order valence-electron chi connectivity index (χ2n) is 6.05. The van der Waals surface area contributed by atoms with E-state index in [0.29, 0.717) is 29.9 Å². The van der Waals surface area contributed by atoms with Crippen molar-refractivity contribution in [3.63, 3.8) is 0 Å². The average molecular weight is 330 g/mol. The van der Waals surface area contributed by atoms with Crippen LogP contribution >= 0.6 is 0 Å². The van der Waals surface area contributed by atoms with Crippen molar-refractivity contribution in [2.24, 2.45) is 5.92 Å². The Labute approximate surface area is 139 Å². The molecular formula is C18H19FN2O3. The zero-order valence-electron chi connectivity index (χ0n) is 13.4. The lowest BCUT2D eigenvalue weighted by molar-refractivity contribution is -0.121. The Bertz CT molecular complexity index is 743. The van der Waals surface area contributed by atoms with Gasteiger partial charge in [0.2, 0.25) is 5.91 Å². The van der Waals surface area contributed by atoms with Crippen LogP contribution in [0.4, 0.5) is 10.1 Å². The lowest BCUT2D eigenvalue weighted by Gasteiger charge is -2.31. The molecule has 0 saturated carbocycles. The number of likely N-dealkylation sites (tertiary alicyclic amines) is 1. The highest BCUT2D eigenvalue weighted by Crippen LogP contribution is 2.22. The highest BCUT2D eigenvalue weighted by Gasteiger charge is 2.29. The molecule has 1 atom stereocenters. The largest absolute Gasteiger partial charge is 0.472 e. The molecule has 0 radical (unpaired) electrons. The van der Waals surface area contributed by atoms with Gasteiger partial charge in [0.05, 0.1) is 17.7 Å². The summed E-state index contributed by atoms with van der Waals surface area (Å²) in [6, 6.07) is 5.87. The van der Waals surface area contributed by atoms with Gasteiger partial charge >= 0.3 is 0 Å². The molecule has 1 aromatic carbocycles. The molecule has 0 bridgehead atoms. The number of carbonyl (C=O) groups is 2. The minimum Gasteiger partial charge on any atom is -0.472 e. The van der Waals surface area contributed by atoms with Gasteiger partial charge in [-0.3, -0.25) is 9.59 Å². The van der Waals surface area contributed by atoms with E-state index in [2.05, 4.69) is 5.32 Å². The zero-order chi connectivity index (χ0) is 17.1. The summed E-state index contributed by atoms with van der Waals surface area (Å²) in [4.78, 5) is 26.5. The summed E-state index contributed by atoms with van der Waals surface area (Å²) < 4.78 is 18.1. The number of halogens is 1. The molecule has 3 rings (SSSR count). The van der Waals surface area contributed by atoms with Crippen LogP contribution in [0, 0.1) is 18.7 Å². The topological polar surface area (TPSA) is 62.6 Å². The van der Waals surface area contributed by atoms with Crippen LogP contribution in [0.1, 0.15) is 28.8 Å². The van der Waals surface area contributed by atoms with Gasteiger partial charge in [-0.1, -0.05) is 0 Å². The van der Waals surface area contributed by atoms with Gasteiger partial charge < -0.3 is 14.6 Å². The molecule has 0 aliphatic carbocycles. The fourth-order valence-corrected chi connectivity index (χ4v) is 2.95. The van der Waals surface area contributed by atoms with Gasteiger partial charge in [0.15, 0.2) is 0 Å². The van der Waals surface area contributed by atoms with Crippen molar-refractivity contribution in [1.29, 1.82) is 0 Å². The number of hydrogen-bond donors (Lipinski definition) is 1. The number of nitrogens with zero attached hydrogens (tertiary/aromatic N) is 1. The van der Waals surface area contributed by atoms with E-state index in [1.54, 1.807) is 24.0 Å². The van der Waals surface area contributed by atoms with Gasteiger partial charge in [-0.15, -0.1) is 0 Å². The Kier molecular flexibility index (Phi) is 4.64. The van der Waals surface area contributed by atoms with Gasteiger partial charge in [0.1, 0.15) is 12.1 Å². The average Bonchev–Trinajstić information content (AvgIpc) is 3.11. The van der Waals surface area contributed by atoms with Crippen molar-refractivity contribution in [3.8, 4) is 0 Å². The molecule has 1 saturated heterocycles. The zero-order valence-corrected chi connectivity index (χ0v) is 13.4. The first kappa shape index (κ1) is 16.2.